The summed E-state index contributed by atoms with van der Waals surface area (Å²) in [7, 11) is 0. The molecule has 1 heteroatoms. The maximum Gasteiger partial charge on any atom is 0.0431 e. The summed E-state index contributed by atoms with van der Waals surface area (Å²) in [6.45, 7) is 5.29. The zero-order valence-electron chi connectivity index (χ0n) is 17.8. The minimum Gasteiger partial charge on any atom is -0.396 e. The van der Waals surface area contributed by atoms with Gasteiger partial charge in [0.1, 0.15) is 0 Å². The molecule has 0 saturated heterocycles. The van der Waals surface area contributed by atoms with Gasteiger partial charge in [-0.05, 0) is 99.2 Å². The number of hydrogen-bond acceptors (Lipinski definition) is 1. The van der Waals surface area contributed by atoms with Crippen LogP contribution >= 0.6 is 0 Å². The highest BCUT2D eigenvalue weighted by Crippen LogP contribution is 2.48. The number of aliphatic hydroxyl groups excluding tert-OH is 1. The summed E-state index contributed by atoms with van der Waals surface area (Å²) in [5.41, 5.74) is 0. The smallest absolute Gasteiger partial charge is 0.0431 e. The van der Waals surface area contributed by atoms with Gasteiger partial charge in [0.05, 0.1) is 0 Å². The van der Waals surface area contributed by atoms with Crippen molar-refractivity contribution in [1.29, 1.82) is 0 Å². The van der Waals surface area contributed by atoms with E-state index in [0.29, 0.717) is 6.61 Å². The molecule has 3 saturated carbocycles. The SMILES string of the molecule is CCC1CC(CCCCO)CCC1C1CCC(C2CCC(C)CC2)CC1. The molecule has 3 fully saturated rings. The Morgan fingerprint density at radius 2 is 1.35 bits per heavy atom. The van der Waals surface area contributed by atoms with Gasteiger partial charge in [-0.3, -0.25) is 0 Å². The Kier molecular flexibility index (Phi) is 8.35. The molecule has 3 aliphatic carbocycles. The van der Waals surface area contributed by atoms with E-state index in [4.69, 9.17) is 5.11 Å². The van der Waals surface area contributed by atoms with Crippen molar-refractivity contribution in [2.24, 2.45) is 41.4 Å². The van der Waals surface area contributed by atoms with Gasteiger partial charge in [0.15, 0.2) is 0 Å². The molecule has 1 nitrogen and oxygen atoms in total. The van der Waals surface area contributed by atoms with Crippen molar-refractivity contribution < 1.29 is 5.11 Å². The third kappa shape index (κ3) is 5.49. The minimum atomic E-state index is 0.385. The van der Waals surface area contributed by atoms with Gasteiger partial charge < -0.3 is 5.11 Å². The average Bonchev–Trinajstić information content (AvgIpc) is 2.69. The molecule has 0 aliphatic heterocycles. The van der Waals surface area contributed by atoms with E-state index in [-0.39, 0.29) is 0 Å². The van der Waals surface area contributed by atoms with E-state index in [1.165, 1.54) is 64.2 Å². The monoisotopic (exact) mass is 362 g/mol. The van der Waals surface area contributed by atoms with Crippen molar-refractivity contribution in [1.82, 2.24) is 0 Å². The summed E-state index contributed by atoms with van der Waals surface area (Å²) in [5, 5.41) is 9.03. The second-order valence-electron chi connectivity index (χ2n) is 10.4. The standard InChI is InChI=1S/C25H46O/c1-3-21-18-20(6-4-5-17-26)9-16-25(21)24-14-12-23(13-15-24)22-10-7-19(2)8-11-22/h19-26H,3-18H2,1-2H3. The number of hydrogen-bond donors (Lipinski definition) is 1. The van der Waals surface area contributed by atoms with E-state index >= 15 is 0 Å². The van der Waals surface area contributed by atoms with Gasteiger partial charge >= 0.3 is 0 Å². The number of aliphatic hydroxyl groups is 1. The van der Waals surface area contributed by atoms with Crippen molar-refractivity contribution in [3.05, 3.63) is 0 Å². The van der Waals surface area contributed by atoms with Crippen molar-refractivity contribution in [3.63, 3.8) is 0 Å². The van der Waals surface area contributed by atoms with E-state index in [0.717, 1.165) is 47.8 Å². The molecule has 0 spiro atoms. The van der Waals surface area contributed by atoms with Crippen LogP contribution in [0.2, 0.25) is 0 Å². The van der Waals surface area contributed by atoms with Gasteiger partial charge in [-0.25, -0.2) is 0 Å². The maximum atomic E-state index is 9.03. The van der Waals surface area contributed by atoms with Crippen LogP contribution in [0, 0.1) is 41.4 Å². The third-order valence-corrected chi connectivity index (χ3v) is 8.84. The van der Waals surface area contributed by atoms with Crippen LogP contribution in [0.3, 0.4) is 0 Å². The fourth-order valence-corrected chi connectivity index (χ4v) is 7.08. The second kappa shape index (κ2) is 10.5. The molecule has 152 valence electrons. The van der Waals surface area contributed by atoms with Crippen molar-refractivity contribution >= 4 is 0 Å². The molecule has 0 heterocycles. The van der Waals surface area contributed by atoms with E-state index in [1.807, 2.05) is 0 Å². The molecular weight excluding hydrogens is 316 g/mol. The highest BCUT2D eigenvalue weighted by atomic mass is 16.2. The lowest BCUT2D eigenvalue weighted by molar-refractivity contribution is 0.0649. The van der Waals surface area contributed by atoms with Crippen molar-refractivity contribution in [2.45, 2.75) is 110 Å². The van der Waals surface area contributed by atoms with Gasteiger partial charge in [0.2, 0.25) is 0 Å². The molecule has 1 N–H and O–H groups in total. The highest BCUT2D eigenvalue weighted by molar-refractivity contribution is 4.88. The van der Waals surface area contributed by atoms with Crippen LogP contribution < -0.4 is 0 Å². The lowest BCUT2D eigenvalue weighted by Gasteiger charge is -2.44. The highest BCUT2D eigenvalue weighted by Gasteiger charge is 2.37. The Morgan fingerprint density at radius 3 is 1.96 bits per heavy atom. The summed E-state index contributed by atoms with van der Waals surface area (Å²) in [6, 6.07) is 0. The van der Waals surface area contributed by atoms with E-state index in [9.17, 15) is 0 Å². The van der Waals surface area contributed by atoms with Crippen molar-refractivity contribution in [2.75, 3.05) is 6.61 Å². The first kappa shape index (κ1) is 20.7. The molecule has 26 heavy (non-hydrogen) atoms. The lowest BCUT2D eigenvalue weighted by Crippen LogP contribution is -2.34. The normalized spacial score (nSPS) is 41.9. The zero-order chi connectivity index (χ0) is 18.4. The van der Waals surface area contributed by atoms with E-state index in [2.05, 4.69) is 13.8 Å². The quantitative estimate of drug-likeness (QED) is 0.474. The van der Waals surface area contributed by atoms with Gasteiger partial charge in [-0.15, -0.1) is 0 Å². The van der Waals surface area contributed by atoms with Gasteiger partial charge in [-0.2, -0.15) is 0 Å². The molecule has 3 atom stereocenters. The summed E-state index contributed by atoms with van der Waals surface area (Å²) in [4.78, 5) is 0. The molecule has 0 aromatic heterocycles. The molecule has 0 bridgehead atoms. The molecule has 0 aromatic rings. The molecule has 0 amide bonds. The van der Waals surface area contributed by atoms with E-state index < -0.39 is 0 Å². The van der Waals surface area contributed by atoms with Gasteiger partial charge in [0, 0.05) is 6.61 Å². The van der Waals surface area contributed by atoms with Crippen LogP contribution in [-0.4, -0.2) is 11.7 Å². The molecule has 3 rings (SSSR count). The number of unbranched alkanes of at least 4 members (excludes halogenated alkanes) is 1. The van der Waals surface area contributed by atoms with Crippen LogP contribution in [0.25, 0.3) is 0 Å². The molecule has 3 unspecified atom stereocenters. The molecule has 3 aliphatic rings. The molecule has 0 aromatic carbocycles. The van der Waals surface area contributed by atoms with Crippen LogP contribution in [0.1, 0.15) is 110 Å². The average molecular weight is 363 g/mol. The van der Waals surface area contributed by atoms with E-state index in [1.54, 1.807) is 25.7 Å². The summed E-state index contributed by atoms with van der Waals surface area (Å²) >= 11 is 0. The fraction of sp³-hybridized carbons (Fsp3) is 1.00. The Bertz CT molecular complexity index is 376. The van der Waals surface area contributed by atoms with Gasteiger partial charge in [-0.1, -0.05) is 52.4 Å². The molecular formula is C25H46O. The van der Waals surface area contributed by atoms with Crippen LogP contribution in [-0.2, 0) is 0 Å². The minimum absolute atomic E-state index is 0.385. The Balaban J connectivity index is 1.43. The Hall–Kier alpha value is -0.0400. The largest absolute Gasteiger partial charge is 0.396 e. The first-order valence-corrected chi connectivity index (χ1v) is 12.3. The van der Waals surface area contributed by atoms with Crippen LogP contribution in [0.4, 0.5) is 0 Å². The Labute approximate surface area is 163 Å². The molecule has 0 radical (unpaired) electrons. The predicted octanol–water partition coefficient (Wildman–Crippen LogP) is 7.22. The predicted molar refractivity (Wildman–Crippen MR) is 112 cm³/mol. The van der Waals surface area contributed by atoms with Crippen LogP contribution in [0.5, 0.6) is 0 Å². The third-order valence-electron chi connectivity index (χ3n) is 8.84. The lowest BCUT2D eigenvalue weighted by atomic mass is 9.61. The fourth-order valence-electron chi connectivity index (χ4n) is 7.08. The summed E-state index contributed by atoms with van der Waals surface area (Å²) in [6.07, 6.45) is 21.8. The van der Waals surface area contributed by atoms with Gasteiger partial charge in [0.25, 0.3) is 0 Å². The Morgan fingerprint density at radius 1 is 0.731 bits per heavy atom. The van der Waals surface area contributed by atoms with Crippen LogP contribution in [0.15, 0.2) is 0 Å². The summed E-state index contributed by atoms with van der Waals surface area (Å²) < 4.78 is 0. The topological polar surface area (TPSA) is 20.2 Å². The summed E-state index contributed by atoms with van der Waals surface area (Å²) in [5.74, 6) is 7.22. The number of rotatable bonds is 7. The van der Waals surface area contributed by atoms with Crippen molar-refractivity contribution in [3.8, 4) is 0 Å². The first-order valence-electron chi connectivity index (χ1n) is 12.3. The first-order chi connectivity index (χ1) is 12.7. The second-order valence-corrected chi connectivity index (χ2v) is 10.4. The zero-order valence-corrected chi connectivity index (χ0v) is 17.8. The maximum absolute atomic E-state index is 9.03.